The van der Waals surface area contributed by atoms with Crippen molar-refractivity contribution in [1.29, 1.82) is 0 Å². The fourth-order valence-electron chi connectivity index (χ4n) is 3.12. The maximum atomic E-state index is 12.9. The number of carbonyl (C=O) groups is 1. The Bertz CT molecular complexity index is 922. The Morgan fingerprint density at radius 1 is 1.28 bits per heavy atom. The third kappa shape index (κ3) is 5.14. The summed E-state index contributed by atoms with van der Waals surface area (Å²) in [6.07, 6.45) is 4.30. The lowest BCUT2D eigenvalue weighted by molar-refractivity contribution is 0.0951. The molecule has 1 saturated heterocycles. The van der Waals surface area contributed by atoms with E-state index in [1.807, 2.05) is 17.2 Å². The van der Waals surface area contributed by atoms with Crippen LogP contribution in [0.25, 0.3) is 0 Å². The van der Waals surface area contributed by atoms with Gasteiger partial charge in [-0.05, 0) is 30.7 Å². The first kappa shape index (κ1) is 21.3. The maximum Gasteiger partial charge on any atom is 0.253 e. The summed E-state index contributed by atoms with van der Waals surface area (Å²) in [6, 6.07) is 6.57. The van der Waals surface area contributed by atoms with Crippen molar-refractivity contribution in [2.45, 2.75) is 17.9 Å². The highest BCUT2D eigenvalue weighted by Crippen LogP contribution is 2.26. The van der Waals surface area contributed by atoms with Gasteiger partial charge >= 0.3 is 0 Å². The second-order valence-corrected chi connectivity index (χ2v) is 9.10. The summed E-state index contributed by atoms with van der Waals surface area (Å²) in [5.74, 6) is -0.289. The Hall–Kier alpha value is -2.43. The first-order valence-electron chi connectivity index (χ1n) is 9.54. The first-order chi connectivity index (χ1) is 13.9. The van der Waals surface area contributed by atoms with Crippen molar-refractivity contribution in [2.24, 2.45) is 0 Å². The van der Waals surface area contributed by atoms with Gasteiger partial charge in [-0.2, -0.15) is 5.10 Å². The van der Waals surface area contributed by atoms with Gasteiger partial charge in [0.1, 0.15) is 0 Å². The van der Waals surface area contributed by atoms with Crippen LogP contribution < -0.4 is 10.2 Å². The average Bonchev–Trinajstić information content (AvgIpc) is 3.24. The number of carbonyl (C=O) groups excluding carboxylic acids is 1. The van der Waals surface area contributed by atoms with Crippen LogP contribution in [-0.2, 0) is 21.3 Å². The van der Waals surface area contributed by atoms with Gasteiger partial charge in [-0.25, -0.2) is 12.7 Å². The summed E-state index contributed by atoms with van der Waals surface area (Å²) in [5.41, 5.74) is 1.07. The molecule has 0 aliphatic carbocycles. The van der Waals surface area contributed by atoms with E-state index < -0.39 is 10.0 Å². The molecule has 10 heteroatoms. The highest BCUT2D eigenvalue weighted by Gasteiger charge is 2.24. The Labute approximate surface area is 171 Å². The molecule has 1 aliphatic rings. The van der Waals surface area contributed by atoms with Gasteiger partial charge in [-0.15, -0.1) is 0 Å². The molecule has 1 N–H and O–H groups in total. The number of hydrogen-bond acceptors (Lipinski definition) is 6. The minimum Gasteiger partial charge on any atom is -0.378 e. The molecule has 0 radical (unpaired) electrons. The third-order valence-electron chi connectivity index (χ3n) is 4.75. The third-order valence-corrected chi connectivity index (χ3v) is 6.56. The topological polar surface area (TPSA) is 96.8 Å². The van der Waals surface area contributed by atoms with Crippen LogP contribution in [0, 0.1) is 0 Å². The van der Waals surface area contributed by atoms with Gasteiger partial charge in [0, 0.05) is 58.4 Å². The van der Waals surface area contributed by atoms with Crippen molar-refractivity contribution >= 4 is 21.6 Å². The van der Waals surface area contributed by atoms with Crippen LogP contribution in [0.2, 0.25) is 0 Å². The largest absolute Gasteiger partial charge is 0.378 e. The number of morpholine rings is 1. The van der Waals surface area contributed by atoms with Crippen molar-refractivity contribution in [3.05, 3.63) is 42.2 Å². The van der Waals surface area contributed by atoms with Crippen molar-refractivity contribution in [3.8, 4) is 0 Å². The molecule has 2 aromatic rings. The summed E-state index contributed by atoms with van der Waals surface area (Å²) in [6.45, 7) is 3.61. The number of rotatable bonds is 8. The van der Waals surface area contributed by atoms with Gasteiger partial charge < -0.3 is 15.0 Å². The molecule has 0 saturated carbocycles. The van der Waals surface area contributed by atoms with E-state index >= 15 is 0 Å². The number of ether oxygens (including phenoxy) is 1. The number of hydrogen-bond donors (Lipinski definition) is 1. The number of sulfonamides is 1. The predicted octanol–water partition coefficient (Wildman–Crippen LogP) is 0.790. The van der Waals surface area contributed by atoms with Gasteiger partial charge in [0.2, 0.25) is 10.0 Å². The normalized spacial score (nSPS) is 14.9. The van der Waals surface area contributed by atoms with E-state index in [-0.39, 0.29) is 10.8 Å². The van der Waals surface area contributed by atoms with Crippen LogP contribution in [-0.4, -0.2) is 75.4 Å². The summed E-state index contributed by atoms with van der Waals surface area (Å²) in [4.78, 5) is 15.1. The number of nitrogens with one attached hydrogen (secondary N) is 1. The molecule has 2 heterocycles. The fourth-order valence-corrected chi connectivity index (χ4v) is 4.05. The van der Waals surface area contributed by atoms with Crippen molar-refractivity contribution in [1.82, 2.24) is 19.4 Å². The zero-order valence-electron chi connectivity index (χ0n) is 16.7. The second kappa shape index (κ2) is 9.38. The first-order valence-corrected chi connectivity index (χ1v) is 11.0. The molecule has 1 amide bonds. The van der Waals surface area contributed by atoms with Crippen molar-refractivity contribution in [2.75, 3.05) is 51.8 Å². The summed E-state index contributed by atoms with van der Waals surface area (Å²) in [5, 5.41) is 7.04. The molecule has 1 fully saturated rings. The highest BCUT2D eigenvalue weighted by atomic mass is 32.2. The molecule has 29 heavy (non-hydrogen) atoms. The van der Waals surface area contributed by atoms with Crippen LogP contribution in [0.5, 0.6) is 0 Å². The number of anilines is 1. The summed E-state index contributed by atoms with van der Waals surface area (Å²) >= 11 is 0. The van der Waals surface area contributed by atoms with Crippen LogP contribution >= 0.6 is 0 Å². The molecule has 0 atom stereocenters. The number of amides is 1. The lowest BCUT2D eigenvalue weighted by Gasteiger charge is -2.30. The van der Waals surface area contributed by atoms with Crippen LogP contribution in [0.15, 0.2) is 41.6 Å². The molecule has 0 unspecified atom stereocenters. The molecule has 1 aromatic carbocycles. The summed E-state index contributed by atoms with van der Waals surface area (Å²) in [7, 11) is -0.692. The van der Waals surface area contributed by atoms with E-state index in [0.717, 1.165) is 16.4 Å². The Kier molecular flexibility index (Phi) is 6.88. The minimum atomic E-state index is -3.64. The highest BCUT2D eigenvalue weighted by molar-refractivity contribution is 7.89. The number of nitrogens with zero attached hydrogens (tertiary/aromatic N) is 4. The monoisotopic (exact) mass is 421 g/mol. The Morgan fingerprint density at radius 3 is 2.69 bits per heavy atom. The molecule has 3 rings (SSSR count). The van der Waals surface area contributed by atoms with E-state index in [1.165, 1.54) is 20.2 Å². The zero-order valence-corrected chi connectivity index (χ0v) is 17.6. The molecular weight excluding hydrogens is 394 g/mol. The lowest BCUT2D eigenvalue weighted by atomic mass is 10.1. The van der Waals surface area contributed by atoms with Gasteiger partial charge in [0.15, 0.2) is 0 Å². The Balaban J connectivity index is 1.79. The van der Waals surface area contributed by atoms with Crippen LogP contribution in [0.4, 0.5) is 5.69 Å². The van der Waals surface area contributed by atoms with Crippen molar-refractivity contribution in [3.63, 3.8) is 0 Å². The average molecular weight is 422 g/mol. The van der Waals surface area contributed by atoms with Gasteiger partial charge in [0.25, 0.3) is 5.91 Å². The van der Waals surface area contributed by atoms with Crippen molar-refractivity contribution < 1.29 is 17.9 Å². The molecular formula is C19H27N5O4S. The van der Waals surface area contributed by atoms with Gasteiger partial charge in [-0.3, -0.25) is 9.48 Å². The van der Waals surface area contributed by atoms with Gasteiger partial charge in [-0.1, -0.05) is 0 Å². The van der Waals surface area contributed by atoms with Crippen LogP contribution in [0.1, 0.15) is 16.8 Å². The lowest BCUT2D eigenvalue weighted by Crippen LogP contribution is -2.38. The molecule has 9 nitrogen and oxygen atoms in total. The van der Waals surface area contributed by atoms with Crippen LogP contribution in [0.3, 0.4) is 0 Å². The maximum absolute atomic E-state index is 12.9. The number of aryl methyl sites for hydroxylation is 1. The fraction of sp³-hybridized carbons (Fsp3) is 0.474. The quantitative estimate of drug-likeness (QED) is 0.633. The van der Waals surface area contributed by atoms with E-state index in [4.69, 9.17) is 4.74 Å². The Morgan fingerprint density at radius 2 is 2.03 bits per heavy atom. The number of aromatic nitrogens is 2. The molecule has 158 valence electrons. The van der Waals surface area contributed by atoms with E-state index in [9.17, 15) is 13.2 Å². The van der Waals surface area contributed by atoms with Gasteiger partial charge in [0.05, 0.1) is 23.7 Å². The zero-order chi connectivity index (χ0) is 20.9. The summed E-state index contributed by atoms with van der Waals surface area (Å²) < 4.78 is 33.4. The number of benzene rings is 1. The van der Waals surface area contributed by atoms with E-state index in [2.05, 4.69) is 10.4 Å². The van der Waals surface area contributed by atoms with E-state index in [0.29, 0.717) is 45.0 Å². The van der Waals surface area contributed by atoms with E-state index in [1.54, 1.807) is 23.0 Å². The second-order valence-electron chi connectivity index (χ2n) is 6.94. The smallest absolute Gasteiger partial charge is 0.253 e. The standard InChI is InChI=1S/C19H27N5O4S/c1-22(2)29(26,27)16-5-6-18(23-11-13-28-14-12-23)17(15-16)19(25)20-7-3-9-24-10-4-8-21-24/h4-6,8,10,15H,3,7,9,11-14H2,1-2H3,(H,20,25). The molecule has 1 aliphatic heterocycles. The molecule has 0 spiro atoms. The molecule has 1 aromatic heterocycles. The molecule has 0 bridgehead atoms. The minimum absolute atomic E-state index is 0.0983. The predicted molar refractivity (Wildman–Crippen MR) is 110 cm³/mol. The SMILES string of the molecule is CN(C)S(=O)(=O)c1ccc(N2CCOCC2)c(C(=O)NCCCn2cccn2)c1.